The summed E-state index contributed by atoms with van der Waals surface area (Å²) in [5.74, 6) is 0. The van der Waals surface area contributed by atoms with Crippen molar-refractivity contribution in [3.8, 4) is 0 Å². The normalized spacial score (nSPS) is 11.1. The molecule has 0 aliphatic carbocycles. The second-order valence-electron chi connectivity index (χ2n) is 7.20. The summed E-state index contributed by atoms with van der Waals surface area (Å²) in [6.07, 6.45) is 21.3. The molecular weight excluding hydrogens is 397 g/mol. The molecule has 0 fully saturated rings. The molecule has 0 spiro atoms. The van der Waals surface area contributed by atoms with Gasteiger partial charge in [0, 0.05) is 6.61 Å². The minimum atomic E-state index is -4.84. The fourth-order valence-electron chi connectivity index (χ4n) is 3.06. The Kier molecular flexibility index (Phi) is 33.6. The van der Waals surface area contributed by atoms with Crippen LogP contribution in [0.1, 0.15) is 110 Å². The van der Waals surface area contributed by atoms with Crippen molar-refractivity contribution in [2.24, 2.45) is 0 Å². The van der Waals surface area contributed by atoms with E-state index in [9.17, 15) is 14.4 Å². The molecule has 0 aromatic rings. The standard InChI is InChI=1S/C20H43O5P.2Na/c1-2-3-4-5-6-7-8-9-10-11-12-13-14-15-16-17-18-24-19-20-25-26(21,22)23;;/h2-20H2,1H3,(H2,21,22,23);;/q;2*+1/p-2. The fraction of sp³-hybridized carbons (Fsp3) is 1.00. The van der Waals surface area contributed by atoms with Crippen LogP contribution in [0.25, 0.3) is 0 Å². The monoisotopic (exact) mass is 438 g/mol. The summed E-state index contributed by atoms with van der Waals surface area (Å²) in [6.45, 7) is 2.85. The van der Waals surface area contributed by atoms with Crippen LogP contribution in [0.15, 0.2) is 0 Å². The number of unbranched alkanes of at least 4 members (excludes halogenated alkanes) is 15. The number of rotatable bonds is 21. The Hall–Kier alpha value is 2.07. The van der Waals surface area contributed by atoms with Gasteiger partial charge in [-0.3, -0.25) is 0 Å². The molecule has 5 nitrogen and oxygen atoms in total. The molecule has 0 amide bonds. The van der Waals surface area contributed by atoms with Gasteiger partial charge in [-0.05, 0) is 6.42 Å². The summed E-state index contributed by atoms with van der Waals surface area (Å²) in [4.78, 5) is 20.4. The third kappa shape index (κ3) is 32.7. The van der Waals surface area contributed by atoms with Crippen LogP contribution < -0.4 is 68.9 Å². The molecule has 0 atom stereocenters. The number of hydrogen-bond acceptors (Lipinski definition) is 5. The van der Waals surface area contributed by atoms with Crippen LogP contribution in [0, 0.1) is 0 Å². The average molecular weight is 438 g/mol. The van der Waals surface area contributed by atoms with Gasteiger partial charge in [0.25, 0.3) is 0 Å². The first-order valence-electron chi connectivity index (χ1n) is 10.8. The van der Waals surface area contributed by atoms with E-state index in [4.69, 9.17) is 4.74 Å². The Labute approximate surface area is 218 Å². The zero-order valence-electron chi connectivity index (χ0n) is 18.9. The molecule has 0 saturated carbocycles. The van der Waals surface area contributed by atoms with Gasteiger partial charge < -0.3 is 23.6 Å². The molecule has 0 aliphatic rings. The number of phosphoric acid groups is 1. The molecule has 0 bridgehead atoms. The van der Waals surface area contributed by atoms with E-state index in [1.165, 1.54) is 89.9 Å². The van der Waals surface area contributed by atoms with Crippen molar-refractivity contribution in [3.05, 3.63) is 0 Å². The summed E-state index contributed by atoms with van der Waals surface area (Å²) < 4.78 is 19.5. The molecule has 158 valence electrons. The van der Waals surface area contributed by atoms with E-state index in [-0.39, 0.29) is 72.3 Å². The second kappa shape index (κ2) is 27.1. The molecule has 0 aromatic carbocycles. The molecule has 28 heavy (non-hydrogen) atoms. The van der Waals surface area contributed by atoms with Gasteiger partial charge in [-0.15, -0.1) is 0 Å². The van der Waals surface area contributed by atoms with Crippen LogP contribution in [0.3, 0.4) is 0 Å². The Bertz CT molecular complexity index is 330. The second-order valence-corrected chi connectivity index (χ2v) is 8.35. The van der Waals surface area contributed by atoms with Crippen molar-refractivity contribution in [2.75, 3.05) is 19.8 Å². The van der Waals surface area contributed by atoms with Crippen LogP contribution in [0.2, 0.25) is 0 Å². The predicted molar refractivity (Wildman–Crippen MR) is 104 cm³/mol. The van der Waals surface area contributed by atoms with E-state index in [0.29, 0.717) is 6.61 Å². The molecule has 0 aromatic heterocycles. The first-order chi connectivity index (χ1) is 12.6. The van der Waals surface area contributed by atoms with Gasteiger partial charge >= 0.3 is 59.1 Å². The predicted octanol–water partition coefficient (Wildman–Crippen LogP) is -0.882. The minimum Gasteiger partial charge on any atom is -0.790 e. The summed E-state index contributed by atoms with van der Waals surface area (Å²) in [5, 5.41) is 0. The average Bonchev–Trinajstić information content (AvgIpc) is 2.59. The van der Waals surface area contributed by atoms with Crippen LogP contribution in [0.5, 0.6) is 0 Å². The maximum atomic E-state index is 10.2. The van der Waals surface area contributed by atoms with Gasteiger partial charge in [0.1, 0.15) is 0 Å². The summed E-state index contributed by atoms with van der Waals surface area (Å²) in [5.41, 5.74) is 0. The van der Waals surface area contributed by atoms with Gasteiger partial charge in [-0.25, -0.2) is 0 Å². The van der Waals surface area contributed by atoms with Gasteiger partial charge in [-0.1, -0.05) is 103 Å². The topological polar surface area (TPSA) is 81.7 Å². The molecule has 0 aliphatic heterocycles. The van der Waals surface area contributed by atoms with Crippen molar-refractivity contribution in [3.63, 3.8) is 0 Å². The van der Waals surface area contributed by atoms with E-state index in [1.807, 2.05) is 0 Å². The van der Waals surface area contributed by atoms with Crippen LogP contribution in [-0.4, -0.2) is 19.8 Å². The van der Waals surface area contributed by atoms with Crippen molar-refractivity contribution in [2.45, 2.75) is 110 Å². The molecule has 0 saturated heterocycles. The summed E-state index contributed by atoms with van der Waals surface area (Å²) >= 11 is 0. The van der Waals surface area contributed by atoms with Crippen LogP contribution >= 0.6 is 7.82 Å². The number of phosphoric ester groups is 1. The molecule has 0 rings (SSSR count). The van der Waals surface area contributed by atoms with Crippen molar-refractivity contribution < 1.29 is 82.7 Å². The zero-order chi connectivity index (χ0) is 19.3. The summed E-state index contributed by atoms with van der Waals surface area (Å²) in [7, 11) is -4.84. The first kappa shape index (κ1) is 34.7. The zero-order valence-corrected chi connectivity index (χ0v) is 23.8. The van der Waals surface area contributed by atoms with Crippen molar-refractivity contribution in [1.29, 1.82) is 0 Å². The quantitative estimate of drug-likeness (QED) is 0.132. The Morgan fingerprint density at radius 3 is 1.29 bits per heavy atom. The third-order valence-electron chi connectivity index (χ3n) is 4.62. The van der Waals surface area contributed by atoms with Gasteiger partial charge in [0.15, 0.2) is 0 Å². The fourth-order valence-corrected chi connectivity index (χ4v) is 3.36. The molecular formula is C20H41Na2O5P. The summed E-state index contributed by atoms with van der Waals surface area (Å²) in [6, 6.07) is 0. The first-order valence-corrected chi connectivity index (χ1v) is 12.3. The van der Waals surface area contributed by atoms with Crippen LogP contribution in [0.4, 0.5) is 0 Å². The molecule has 0 radical (unpaired) electrons. The maximum Gasteiger partial charge on any atom is 1.00 e. The molecule has 0 N–H and O–H groups in total. The van der Waals surface area contributed by atoms with E-state index < -0.39 is 7.82 Å². The Morgan fingerprint density at radius 2 is 0.929 bits per heavy atom. The van der Waals surface area contributed by atoms with E-state index in [2.05, 4.69) is 11.4 Å². The third-order valence-corrected chi connectivity index (χ3v) is 5.12. The minimum absolute atomic E-state index is 0. The maximum absolute atomic E-state index is 10.2. The van der Waals surface area contributed by atoms with Crippen molar-refractivity contribution in [1.82, 2.24) is 0 Å². The molecule has 0 heterocycles. The van der Waals surface area contributed by atoms with E-state index >= 15 is 0 Å². The van der Waals surface area contributed by atoms with Crippen LogP contribution in [-0.2, 0) is 13.8 Å². The Balaban J connectivity index is -0.00000312. The smallest absolute Gasteiger partial charge is 0.790 e. The molecule has 0 unspecified atom stereocenters. The van der Waals surface area contributed by atoms with Gasteiger partial charge in [-0.2, -0.15) is 0 Å². The largest absolute Gasteiger partial charge is 1.00 e. The number of ether oxygens (including phenoxy) is 1. The van der Waals surface area contributed by atoms with Crippen molar-refractivity contribution >= 4 is 7.82 Å². The number of hydrogen-bond donors (Lipinski definition) is 0. The van der Waals surface area contributed by atoms with E-state index in [1.54, 1.807) is 0 Å². The Morgan fingerprint density at radius 1 is 0.571 bits per heavy atom. The van der Waals surface area contributed by atoms with E-state index in [0.717, 1.165) is 12.8 Å². The van der Waals surface area contributed by atoms with Gasteiger partial charge in [0.2, 0.25) is 0 Å². The van der Waals surface area contributed by atoms with Gasteiger partial charge in [0.05, 0.1) is 21.0 Å². The SMILES string of the molecule is CCCCCCCCCCCCCCCCCCOCCOP(=O)([O-])[O-].[Na+].[Na+]. The molecule has 8 heteroatoms.